The first-order valence-corrected chi connectivity index (χ1v) is 7.88. The van der Waals surface area contributed by atoms with Crippen molar-refractivity contribution in [3.63, 3.8) is 0 Å². The molecule has 0 spiro atoms. The predicted octanol–water partition coefficient (Wildman–Crippen LogP) is 4.30. The monoisotopic (exact) mass is 308 g/mol. The fourth-order valence-electron chi connectivity index (χ4n) is 2.83. The Morgan fingerprint density at radius 1 is 1.09 bits per heavy atom. The third-order valence-electron chi connectivity index (χ3n) is 4.37. The SMILES string of the molecule is CCC(C)[C@H](Nc1c2ccccc2nc2ccccc12)C(=O)O. The molecule has 23 heavy (non-hydrogen) atoms. The molecule has 0 saturated heterocycles. The number of aromatic nitrogens is 1. The molecule has 3 rings (SSSR count). The molecule has 118 valence electrons. The molecule has 1 heterocycles. The van der Waals surface area contributed by atoms with Crippen LogP contribution in [0.2, 0.25) is 0 Å². The first kappa shape index (κ1) is 15.3. The van der Waals surface area contributed by atoms with Crippen molar-refractivity contribution in [3.8, 4) is 0 Å². The Morgan fingerprint density at radius 2 is 1.61 bits per heavy atom. The van der Waals surface area contributed by atoms with E-state index in [1.54, 1.807) is 0 Å². The molecular weight excluding hydrogens is 288 g/mol. The summed E-state index contributed by atoms with van der Waals surface area (Å²) >= 11 is 0. The Morgan fingerprint density at radius 3 is 2.09 bits per heavy atom. The van der Waals surface area contributed by atoms with Gasteiger partial charge in [0.25, 0.3) is 0 Å². The summed E-state index contributed by atoms with van der Waals surface area (Å²) in [4.78, 5) is 16.4. The zero-order chi connectivity index (χ0) is 16.4. The van der Waals surface area contributed by atoms with E-state index in [1.165, 1.54) is 0 Å². The molecule has 2 atom stereocenters. The van der Waals surface area contributed by atoms with E-state index in [2.05, 4.69) is 10.3 Å². The van der Waals surface area contributed by atoms with Gasteiger partial charge in [-0.2, -0.15) is 0 Å². The van der Waals surface area contributed by atoms with Crippen molar-refractivity contribution in [2.45, 2.75) is 26.3 Å². The van der Waals surface area contributed by atoms with Gasteiger partial charge in [0, 0.05) is 10.8 Å². The summed E-state index contributed by atoms with van der Waals surface area (Å²) < 4.78 is 0. The van der Waals surface area contributed by atoms with Crippen molar-refractivity contribution < 1.29 is 9.90 Å². The molecular formula is C19H20N2O2. The summed E-state index contributed by atoms with van der Waals surface area (Å²) in [6.07, 6.45) is 0.797. The fraction of sp³-hybridized carbons (Fsp3) is 0.263. The molecule has 0 aliphatic heterocycles. The van der Waals surface area contributed by atoms with E-state index < -0.39 is 12.0 Å². The maximum atomic E-state index is 11.7. The van der Waals surface area contributed by atoms with E-state index in [0.29, 0.717) is 0 Å². The van der Waals surface area contributed by atoms with Crippen molar-refractivity contribution in [1.82, 2.24) is 4.98 Å². The molecule has 4 heteroatoms. The van der Waals surface area contributed by atoms with Gasteiger partial charge in [0.2, 0.25) is 0 Å². The lowest BCUT2D eigenvalue weighted by Gasteiger charge is -2.23. The summed E-state index contributed by atoms with van der Waals surface area (Å²) in [5, 5.41) is 14.8. The molecule has 0 bridgehead atoms. The second-order valence-electron chi connectivity index (χ2n) is 5.87. The Kier molecular flexibility index (Phi) is 4.15. The maximum Gasteiger partial charge on any atom is 0.326 e. The van der Waals surface area contributed by atoms with Gasteiger partial charge in [0.05, 0.1) is 16.7 Å². The number of nitrogens with zero attached hydrogens (tertiary/aromatic N) is 1. The molecule has 0 aliphatic carbocycles. The van der Waals surface area contributed by atoms with Gasteiger partial charge in [-0.25, -0.2) is 9.78 Å². The second-order valence-corrected chi connectivity index (χ2v) is 5.87. The topological polar surface area (TPSA) is 62.2 Å². The zero-order valence-corrected chi connectivity index (χ0v) is 13.3. The van der Waals surface area contributed by atoms with Gasteiger partial charge in [-0.1, -0.05) is 56.7 Å². The Labute approximate surface area is 135 Å². The number of pyridine rings is 1. The van der Waals surface area contributed by atoms with Crippen molar-refractivity contribution >= 4 is 33.5 Å². The lowest BCUT2D eigenvalue weighted by Crippen LogP contribution is -2.35. The van der Waals surface area contributed by atoms with Crippen molar-refractivity contribution in [2.24, 2.45) is 5.92 Å². The first-order valence-electron chi connectivity index (χ1n) is 7.88. The van der Waals surface area contributed by atoms with Gasteiger partial charge >= 0.3 is 5.97 Å². The summed E-state index contributed by atoms with van der Waals surface area (Å²) in [5.41, 5.74) is 2.57. The number of nitrogens with one attached hydrogen (secondary N) is 1. The van der Waals surface area contributed by atoms with Crippen LogP contribution in [-0.2, 0) is 4.79 Å². The molecule has 1 unspecified atom stereocenters. The second kappa shape index (κ2) is 6.24. The lowest BCUT2D eigenvalue weighted by atomic mass is 9.98. The smallest absolute Gasteiger partial charge is 0.326 e. The van der Waals surface area contributed by atoms with E-state index in [9.17, 15) is 9.90 Å². The highest BCUT2D eigenvalue weighted by Crippen LogP contribution is 2.32. The summed E-state index contributed by atoms with van der Waals surface area (Å²) in [5.74, 6) is -0.803. The lowest BCUT2D eigenvalue weighted by molar-refractivity contribution is -0.139. The van der Waals surface area contributed by atoms with Gasteiger partial charge in [-0.05, 0) is 18.1 Å². The quantitative estimate of drug-likeness (QED) is 0.690. The number of anilines is 1. The van der Waals surface area contributed by atoms with Crippen LogP contribution in [0.15, 0.2) is 48.5 Å². The van der Waals surface area contributed by atoms with Crippen LogP contribution in [-0.4, -0.2) is 22.1 Å². The molecule has 0 amide bonds. The molecule has 0 radical (unpaired) electrons. The van der Waals surface area contributed by atoms with Crippen LogP contribution in [0.5, 0.6) is 0 Å². The number of carboxylic acids is 1. The Balaban J connectivity index is 2.22. The van der Waals surface area contributed by atoms with E-state index in [0.717, 1.165) is 33.9 Å². The van der Waals surface area contributed by atoms with Crippen molar-refractivity contribution in [3.05, 3.63) is 48.5 Å². The minimum absolute atomic E-state index is 0.0261. The predicted molar refractivity (Wildman–Crippen MR) is 93.8 cm³/mol. The van der Waals surface area contributed by atoms with Crippen LogP contribution >= 0.6 is 0 Å². The number of fused-ring (bicyclic) bond motifs is 2. The normalized spacial score (nSPS) is 13.8. The Hall–Kier alpha value is -2.62. The summed E-state index contributed by atoms with van der Waals surface area (Å²) in [6.45, 7) is 3.96. The van der Waals surface area contributed by atoms with Crippen LogP contribution in [0.25, 0.3) is 21.8 Å². The number of carbonyl (C=O) groups is 1. The molecule has 1 aromatic heterocycles. The van der Waals surface area contributed by atoms with Gasteiger partial charge in [-0.3, -0.25) is 0 Å². The number of benzene rings is 2. The van der Waals surface area contributed by atoms with Gasteiger partial charge in [0.1, 0.15) is 6.04 Å². The first-order chi connectivity index (χ1) is 11.1. The van der Waals surface area contributed by atoms with Crippen LogP contribution < -0.4 is 5.32 Å². The van der Waals surface area contributed by atoms with Crippen LogP contribution in [0, 0.1) is 5.92 Å². The highest BCUT2D eigenvalue weighted by molar-refractivity contribution is 6.08. The number of carboxylic acid groups (broad SMARTS) is 1. The third kappa shape index (κ3) is 2.84. The number of aliphatic carboxylic acids is 1. The fourth-order valence-corrected chi connectivity index (χ4v) is 2.83. The van der Waals surface area contributed by atoms with E-state index in [1.807, 2.05) is 62.4 Å². The number of rotatable bonds is 5. The average Bonchev–Trinajstić information content (AvgIpc) is 2.57. The molecule has 4 nitrogen and oxygen atoms in total. The van der Waals surface area contributed by atoms with Crippen LogP contribution in [0.4, 0.5) is 5.69 Å². The van der Waals surface area contributed by atoms with Crippen LogP contribution in [0.3, 0.4) is 0 Å². The minimum atomic E-state index is -0.829. The molecule has 0 aliphatic rings. The molecule has 2 N–H and O–H groups in total. The summed E-state index contributed by atoms with van der Waals surface area (Å²) in [7, 11) is 0. The van der Waals surface area contributed by atoms with E-state index in [4.69, 9.17) is 0 Å². The average molecular weight is 308 g/mol. The summed E-state index contributed by atoms with van der Waals surface area (Å²) in [6, 6.07) is 15.0. The van der Waals surface area contributed by atoms with Gasteiger partial charge in [-0.15, -0.1) is 0 Å². The van der Waals surface area contributed by atoms with Gasteiger partial charge in [0.15, 0.2) is 0 Å². The standard InChI is InChI=1S/C19H20N2O2/c1-3-12(2)17(19(22)23)21-18-13-8-4-6-10-15(13)20-16-11-7-5-9-14(16)18/h4-12,17H,3H2,1-2H3,(H,20,21)(H,22,23)/t12?,17-/m0/s1. The van der Waals surface area contributed by atoms with Gasteiger partial charge < -0.3 is 10.4 Å². The highest BCUT2D eigenvalue weighted by atomic mass is 16.4. The molecule has 3 aromatic rings. The minimum Gasteiger partial charge on any atom is -0.480 e. The van der Waals surface area contributed by atoms with Crippen molar-refractivity contribution in [2.75, 3.05) is 5.32 Å². The maximum absolute atomic E-state index is 11.7. The largest absolute Gasteiger partial charge is 0.480 e. The zero-order valence-electron chi connectivity index (χ0n) is 13.3. The number of hydrogen-bond acceptors (Lipinski definition) is 3. The Bertz CT molecular complexity index is 806. The molecule has 0 fully saturated rings. The van der Waals surface area contributed by atoms with E-state index >= 15 is 0 Å². The van der Waals surface area contributed by atoms with E-state index in [-0.39, 0.29) is 5.92 Å². The number of para-hydroxylation sites is 2. The highest BCUT2D eigenvalue weighted by Gasteiger charge is 2.24. The third-order valence-corrected chi connectivity index (χ3v) is 4.37. The number of hydrogen-bond donors (Lipinski definition) is 2. The van der Waals surface area contributed by atoms with Crippen molar-refractivity contribution in [1.29, 1.82) is 0 Å². The molecule has 2 aromatic carbocycles. The van der Waals surface area contributed by atoms with Crippen LogP contribution in [0.1, 0.15) is 20.3 Å². The molecule has 0 saturated carbocycles.